The molecule has 0 N–H and O–H groups in total. The van der Waals surface area contributed by atoms with Gasteiger partial charge in [-0.2, -0.15) is 0 Å². The molecule has 2 heterocycles. The average molecular weight is 149 g/mol. The lowest BCUT2D eigenvalue weighted by molar-refractivity contribution is 0.540. The molecule has 2 nitrogen and oxygen atoms in total. The van der Waals surface area contributed by atoms with Gasteiger partial charge in [0.25, 0.3) is 0 Å². The number of hydrogen-bond donors (Lipinski definition) is 0. The Morgan fingerprint density at radius 3 is 3.00 bits per heavy atom. The molecule has 0 unspecified atom stereocenters. The first-order valence-electron chi connectivity index (χ1n) is 3.89. The van der Waals surface area contributed by atoms with Gasteiger partial charge in [-0.05, 0) is 32.8 Å². The molecule has 0 radical (unpaired) electrons. The van der Waals surface area contributed by atoms with Gasteiger partial charge >= 0.3 is 0 Å². The molecule has 2 rings (SSSR count). The van der Waals surface area contributed by atoms with E-state index in [0.29, 0.717) is 0 Å². The maximum absolute atomic E-state index is 5.39. The van der Waals surface area contributed by atoms with Crippen LogP contribution < -0.4 is 0 Å². The van der Waals surface area contributed by atoms with E-state index in [0.717, 1.165) is 24.5 Å². The lowest BCUT2D eigenvalue weighted by atomic mass is 10.1. The molecule has 0 spiro atoms. The molecule has 11 heavy (non-hydrogen) atoms. The lowest BCUT2D eigenvalue weighted by Crippen LogP contribution is -1.98. The molecule has 0 saturated carbocycles. The van der Waals surface area contributed by atoms with Crippen LogP contribution in [0, 0.1) is 6.92 Å². The Morgan fingerprint density at radius 1 is 1.36 bits per heavy atom. The predicted octanol–water partition coefficient (Wildman–Crippen LogP) is 2.63. The summed E-state index contributed by atoms with van der Waals surface area (Å²) in [6.07, 6.45) is 2.16. The molecule has 0 saturated heterocycles. The number of aliphatic imine (C=N–C) groups is 1. The Bertz CT molecular complexity index is 309. The molecule has 58 valence electrons. The van der Waals surface area contributed by atoms with Gasteiger partial charge < -0.3 is 4.42 Å². The zero-order valence-corrected chi connectivity index (χ0v) is 6.85. The summed E-state index contributed by atoms with van der Waals surface area (Å²) >= 11 is 0. The normalized spacial score (nSPS) is 16.0. The van der Waals surface area contributed by atoms with Crippen molar-refractivity contribution in [2.75, 3.05) is 0 Å². The van der Waals surface area contributed by atoms with Crippen molar-refractivity contribution in [2.24, 2.45) is 4.99 Å². The van der Waals surface area contributed by atoms with Crippen LogP contribution >= 0.6 is 0 Å². The molecule has 0 bridgehead atoms. The van der Waals surface area contributed by atoms with Gasteiger partial charge in [0, 0.05) is 11.3 Å². The Hall–Kier alpha value is -1.05. The number of hydrogen-bond acceptors (Lipinski definition) is 2. The fourth-order valence-corrected chi connectivity index (χ4v) is 1.37. The fraction of sp³-hybridized carbons (Fsp3) is 0.444. The van der Waals surface area contributed by atoms with Crippen molar-refractivity contribution in [3.8, 4) is 0 Å². The van der Waals surface area contributed by atoms with Crippen LogP contribution in [0.25, 0.3) is 0 Å². The van der Waals surface area contributed by atoms with Crippen LogP contribution in [0.1, 0.15) is 24.7 Å². The van der Waals surface area contributed by atoms with E-state index in [9.17, 15) is 0 Å². The topological polar surface area (TPSA) is 25.5 Å². The minimum absolute atomic E-state index is 0.825. The second kappa shape index (κ2) is 2.22. The highest BCUT2D eigenvalue weighted by molar-refractivity contribution is 5.86. The van der Waals surface area contributed by atoms with Crippen molar-refractivity contribution in [1.29, 1.82) is 0 Å². The lowest BCUT2D eigenvalue weighted by Gasteiger charge is -2.05. The van der Waals surface area contributed by atoms with Gasteiger partial charge in [-0.15, -0.1) is 0 Å². The SMILES string of the molecule is CC1=Nc2oc(C)cc2CC1. The molecule has 0 aliphatic carbocycles. The van der Waals surface area contributed by atoms with Crippen LogP contribution in [0.4, 0.5) is 5.88 Å². The smallest absolute Gasteiger partial charge is 0.221 e. The van der Waals surface area contributed by atoms with Gasteiger partial charge in [0.15, 0.2) is 0 Å². The summed E-state index contributed by atoms with van der Waals surface area (Å²) in [4.78, 5) is 4.32. The zero-order valence-electron chi connectivity index (χ0n) is 6.85. The number of nitrogens with zero attached hydrogens (tertiary/aromatic N) is 1. The average Bonchev–Trinajstić information content (AvgIpc) is 2.27. The number of fused-ring (bicyclic) bond motifs is 1. The van der Waals surface area contributed by atoms with Crippen LogP contribution in [0.2, 0.25) is 0 Å². The minimum Gasteiger partial charge on any atom is -0.443 e. The number of furan rings is 1. The van der Waals surface area contributed by atoms with Crippen LogP contribution in [0.15, 0.2) is 15.5 Å². The third-order valence-corrected chi connectivity index (χ3v) is 1.96. The Labute approximate surface area is 65.9 Å². The molecule has 0 atom stereocenters. The van der Waals surface area contributed by atoms with E-state index in [4.69, 9.17) is 4.42 Å². The minimum atomic E-state index is 0.825. The third kappa shape index (κ3) is 1.09. The van der Waals surface area contributed by atoms with Gasteiger partial charge in [-0.25, -0.2) is 4.99 Å². The summed E-state index contributed by atoms with van der Waals surface area (Å²) in [5.74, 6) is 1.79. The van der Waals surface area contributed by atoms with Crippen molar-refractivity contribution in [3.63, 3.8) is 0 Å². The molecule has 1 aliphatic heterocycles. The quantitative estimate of drug-likeness (QED) is 0.556. The first kappa shape index (κ1) is 6.65. The van der Waals surface area contributed by atoms with E-state index in [1.807, 2.05) is 13.8 Å². The Morgan fingerprint density at radius 2 is 2.18 bits per heavy atom. The van der Waals surface area contributed by atoms with Crippen molar-refractivity contribution in [2.45, 2.75) is 26.7 Å². The van der Waals surface area contributed by atoms with Crippen molar-refractivity contribution in [3.05, 3.63) is 17.4 Å². The van der Waals surface area contributed by atoms with E-state index in [1.54, 1.807) is 0 Å². The monoisotopic (exact) mass is 149 g/mol. The number of rotatable bonds is 0. The molecular formula is C9H11NO. The molecule has 2 heteroatoms. The maximum Gasteiger partial charge on any atom is 0.221 e. The van der Waals surface area contributed by atoms with Gasteiger partial charge in [-0.1, -0.05) is 0 Å². The van der Waals surface area contributed by atoms with Gasteiger partial charge in [0.1, 0.15) is 5.76 Å². The van der Waals surface area contributed by atoms with Crippen molar-refractivity contribution >= 4 is 11.6 Å². The summed E-state index contributed by atoms with van der Waals surface area (Å²) in [6, 6.07) is 2.07. The van der Waals surface area contributed by atoms with E-state index in [2.05, 4.69) is 11.1 Å². The second-order valence-corrected chi connectivity index (χ2v) is 3.03. The Kier molecular flexibility index (Phi) is 1.34. The number of aryl methyl sites for hydroxylation is 2. The van der Waals surface area contributed by atoms with E-state index >= 15 is 0 Å². The molecule has 1 aromatic heterocycles. The van der Waals surface area contributed by atoms with Gasteiger partial charge in [-0.3, -0.25) is 0 Å². The highest BCUT2D eigenvalue weighted by Gasteiger charge is 2.12. The molecule has 1 aromatic rings. The highest BCUT2D eigenvalue weighted by Crippen LogP contribution is 2.28. The summed E-state index contributed by atoms with van der Waals surface area (Å²) in [5.41, 5.74) is 2.43. The van der Waals surface area contributed by atoms with E-state index in [-0.39, 0.29) is 0 Å². The maximum atomic E-state index is 5.39. The largest absolute Gasteiger partial charge is 0.443 e. The zero-order chi connectivity index (χ0) is 7.84. The third-order valence-electron chi connectivity index (χ3n) is 1.96. The van der Waals surface area contributed by atoms with Crippen LogP contribution in [0.5, 0.6) is 0 Å². The van der Waals surface area contributed by atoms with E-state index in [1.165, 1.54) is 11.3 Å². The fourth-order valence-electron chi connectivity index (χ4n) is 1.37. The molecular weight excluding hydrogens is 138 g/mol. The van der Waals surface area contributed by atoms with E-state index < -0.39 is 0 Å². The first-order chi connectivity index (χ1) is 5.25. The van der Waals surface area contributed by atoms with Crippen LogP contribution in [-0.4, -0.2) is 5.71 Å². The first-order valence-corrected chi connectivity index (χ1v) is 3.89. The second-order valence-electron chi connectivity index (χ2n) is 3.03. The molecule has 0 aromatic carbocycles. The van der Waals surface area contributed by atoms with Crippen LogP contribution in [0.3, 0.4) is 0 Å². The Balaban J connectivity index is 2.50. The summed E-state index contributed by atoms with van der Waals surface area (Å²) < 4.78 is 5.39. The van der Waals surface area contributed by atoms with Crippen molar-refractivity contribution in [1.82, 2.24) is 0 Å². The molecule has 0 amide bonds. The molecule has 0 fully saturated rings. The van der Waals surface area contributed by atoms with Gasteiger partial charge in [0.05, 0.1) is 0 Å². The highest BCUT2D eigenvalue weighted by atomic mass is 16.4. The van der Waals surface area contributed by atoms with Crippen molar-refractivity contribution < 1.29 is 4.42 Å². The summed E-state index contributed by atoms with van der Waals surface area (Å²) in [5, 5.41) is 0. The van der Waals surface area contributed by atoms with Crippen LogP contribution in [-0.2, 0) is 6.42 Å². The summed E-state index contributed by atoms with van der Waals surface area (Å²) in [6.45, 7) is 4.00. The van der Waals surface area contributed by atoms with Gasteiger partial charge in [0.2, 0.25) is 5.88 Å². The summed E-state index contributed by atoms with van der Waals surface area (Å²) in [7, 11) is 0. The standard InChI is InChI=1S/C9H11NO/c1-6-3-4-8-5-7(2)11-9(8)10-6/h5H,3-4H2,1-2H3. The molecule has 1 aliphatic rings. The predicted molar refractivity (Wildman–Crippen MR) is 44.5 cm³/mol.